The monoisotopic (exact) mass is 563 g/mol. The molecule has 0 aliphatic carbocycles. The van der Waals surface area contributed by atoms with E-state index in [0.29, 0.717) is 59.2 Å². The van der Waals surface area contributed by atoms with E-state index < -0.39 is 24.5 Å². The molecule has 0 fully saturated rings. The molecule has 40 heavy (non-hydrogen) atoms. The zero-order valence-electron chi connectivity index (χ0n) is 23.8. The number of amides is 1. The van der Waals surface area contributed by atoms with Gasteiger partial charge in [0.25, 0.3) is 0 Å². The summed E-state index contributed by atoms with van der Waals surface area (Å²) < 4.78 is 27.5. The van der Waals surface area contributed by atoms with Crippen LogP contribution in [0, 0.1) is 0 Å². The Balaban J connectivity index is 1.58. The standard InChI is InChI=1S/C29H45N3O8/c1-29(2,3)40-28(35)32(16-20-36-18-14-30-26(33)38-22-24-10-6-4-7-11-24)17-21-37-19-15-31-27(34)39-23-25-12-8-5-9-13-25/h4-13,26,28,30,33,35H,14-23H2,1-3H3,(H,31,34). The van der Waals surface area contributed by atoms with Crippen LogP contribution in [0.15, 0.2) is 60.7 Å². The van der Waals surface area contributed by atoms with Gasteiger partial charge in [-0.25, -0.2) is 4.79 Å². The van der Waals surface area contributed by atoms with Crippen molar-refractivity contribution in [2.45, 2.75) is 52.4 Å². The maximum absolute atomic E-state index is 11.8. The van der Waals surface area contributed by atoms with Gasteiger partial charge in [0, 0.05) is 26.2 Å². The molecule has 0 heterocycles. The molecule has 0 saturated heterocycles. The van der Waals surface area contributed by atoms with Crippen LogP contribution in [0.4, 0.5) is 4.79 Å². The van der Waals surface area contributed by atoms with Crippen molar-refractivity contribution in [3.63, 3.8) is 0 Å². The van der Waals surface area contributed by atoms with Crippen LogP contribution in [0.2, 0.25) is 0 Å². The van der Waals surface area contributed by atoms with Gasteiger partial charge >= 0.3 is 6.09 Å². The minimum absolute atomic E-state index is 0.203. The first-order valence-electron chi connectivity index (χ1n) is 13.5. The number of alkyl carbamates (subject to hydrolysis) is 1. The van der Waals surface area contributed by atoms with E-state index in [4.69, 9.17) is 23.7 Å². The second-order valence-electron chi connectivity index (χ2n) is 9.91. The van der Waals surface area contributed by atoms with Crippen molar-refractivity contribution in [2.24, 2.45) is 0 Å². The molecule has 0 aromatic heterocycles. The molecule has 2 rings (SSSR count). The Labute approximate surface area is 237 Å². The Kier molecular flexibility index (Phi) is 16.3. The minimum atomic E-state index is -1.13. The highest BCUT2D eigenvalue weighted by atomic mass is 16.6. The highest BCUT2D eigenvalue weighted by Crippen LogP contribution is 2.12. The molecule has 11 heteroatoms. The predicted octanol–water partition coefficient (Wildman–Crippen LogP) is 2.42. The summed E-state index contributed by atoms with van der Waals surface area (Å²) >= 11 is 0. The van der Waals surface area contributed by atoms with Crippen LogP contribution < -0.4 is 10.6 Å². The number of hydrogen-bond acceptors (Lipinski definition) is 10. The van der Waals surface area contributed by atoms with Gasteiger partial charge < -0.3 is 39.2 Å². The van der Waals surface area contributed by atoms with E-state index in [1.807, 2.05) is 81.4 Å². The Bertz CT molecular complexity index is 915. The molecular weight excluding hydrogens is 518 g/mol. The fraction of sp³-hybridized carbons (Fsp3) is 0.552. The zero-order chi connectivity index (χ0) is 29.1. The molecule has 0 spiro atoms. The number of hydrogen-bond donors (Lipinski definition) is 4. The van der Waals surface area contributed by atoms with E-state index in [9.17, 15) is 15.0 Å². The number of nitrogens with zero attached hydrogens (tertiary/aromatic N) is 1. The summed E-state index contributed by atoms with van der Waals surface area (Å²) in [6.45, 7) is 8.86. The molecule has 2 unspecified atom stereocenters. The molecule has 2 aromatic rings. The number of nitrogens with one attached hydrogen (secondary N) is 2. The number of rotatable bonds is 20. The van der Waals surface area contributed by atoms with Gasteiger partial charge in [-0.2, -0.15) is 0 Å². The van der Waals surface area contributed by atoms with Crippen LogP contribution in [0.1, 0.15) is 31.9 Å². The van der Waals surface area contributed by atoms with Gasteiger partial charge in [0.15, 0.2) is 0 Å². The highest BCUT2D eigenvalue weighted by molar-refractivity contribution is 5.67. The molecule has 0 aliphatic heterocycles. The average Bonchev–Trinajstić information content (AvgIpc) is 2.93. The summed E-state index contributed by atoms with van der Waals surface area (Å²) in [4.78, 5) is 13.5. The molecule has 2 aromatic carbocycles. The topological polar surface area (TPSA) is 131 Å². The van der Waals surface area contributed by atoms with Crippen LogP contribution in [-0.4, -0.2) is 92.2 Å². The number of benzene rings is 2. The van der Waals surface area contributed by atoms with Gasteiger partial charge in [0.2, 0.25) is 12.8 Å². The highest BCUT2D eigenvalue weighted by Gasteiger charge is 2.22. The Morgan fingerprint density at radius 2 is 1.38 bits per heavy atom. The number of aliphatic hydroxyl groups excluding tert-OH is 2. The average molecular weight is 564 g/mol. The van der Waals surface area contributed by atoms with E-state index >= 15 is 0 Å². The Hall–Kier alpha value is -2.61. The number of carbonyl (C=O) groups excluding carboxylic acids is 1. The summed E-state index contributed by atoms with van der Waals surface area (Å²) in [7, 11) is 0. The summed E-state index contributed by atoms with van der Waals surface area (Å²) in [5, 5.41) is 25.9. The minimum Gasteiger partial charge on any atom is -0.445 e. The molecule has 11 nitrogen and oxygen atoms in total. The normalized spacial score (nSPS) is 13.2. The zero-order valence-corrected chi connectivity index (χ0v) is 23.8. The fourth-order valence-electron chi connectivity index (χ4n) is 3.35. The van der Waals surface area contributed by atoms with Crippen LogP contribution in [0.25, 0.3) is 0 Å². The first-order valence-corrected chi connectivity index (χ1v) is 13.5. The molecule has 4 N–H and O–H groups in total. The predicted molar refractivity (Wildman–Crippen MR) is 150 cm³/mol. The van der Waals surface area contributed by atoms with Crippen molar-refractivity contribution in [1.29, 1.82) is 0 Å². The van der Waals surface area contributed by atoms with Gasteiger partial charge in [-0.1, -0.05) is 60.7 Å². The molecule has 2 atom stereocenters. The van der Waals surface area contributed by atoms with Crippen LogP contribution >= 0.6 is 0 Å². The lowest BCUT2D eigenvalue weighted by Gasteiger charge is -2.32. The molecular formula is C29H45N3O8. The lowest BCUT2D eigenvalue weighted by molar-refractivity contribution is -0.242. The van der Waals surface area contributed by atoms with Crippen molar-refractivity contribution in [3.8, 4) is 0 Å². The van der Waals surface area contributed by atoms with Gasteiger partial charge in [-0.05, 0) is 31.9 Å². The summed E-state index contributed by atoms with van der Waals surface area (Å²) in [5.74, 6) is 0. The van der Waals surface area contributed by atoms with E-state index in [1.165, 1.54) is 0 Å². The third kappa shape index (κ3) is 16.5. The van der Waals surface area contributed by atoms with Crippen molar-refractivity contribution in [3.05, 3.63) is 71.8 Å². The maximum atomic E-state index is 11.8. The lowest BCUT2D eigenvalue weighted by Crippen LogP contribution is -2.45. The largest absolute Gasteiger partial charge is 0.445 e. The molecule has 224 valence electrons. The lowest BCUT2D eigenvalue weighted by atomic mass is 10.2. The van der Waals surface area contributed by atoms with E-state index in [2.05, 4.69) is 10.6 Å². The van der Waals surface area contributed by atoms with Crippen molar-refractivity contribution in [2.75, 3.05) is 52.6 Å². The van der Waals surface area contributed by atoms with Gasteiger partial charge in [-0.15, -0.1) is 0 Å². The molecule has 1 amide bonds. The number of ether oxygens (including phenoxy) is 5. The van der Waals surface area contributed by atoms with E-state index in [0.717, 1.165) is 11.1 Å². The second kappa shape index (κ2) is 19.5. The number of aliphatic hydroxyl groups is 2. The van der Waals surface area contributed by atoms with E-state index in [-0.39, 0.29) is 6.61 Å². The first-order chi connectivity index (χ1) is 19.2. The van der Waals surface area contributed by atoms with Crippen LogP contribution in [0.5, 0.6) is 0 Å². The number of carbonyl (C=O) groups is 1. The van der Waals surface area contributed by atoms with Gasteiger partial charge in [0.05, 0.1) is 38.6 Å². The third-order valence-corrected chi connectivity index (χ3v) is 5.36. The van der Waals surface area contributed by atoms with E-state index in [1.54, 1.807) is 4.90 Å². The SMILES string of the molecule is CC(C)(C)OC(O)N(CCOCCNC(=O)OCc1ccccc1)CCOCCNC(O)OCc1ccccc1. The Morgan fingerprint density at radius 3 is 1.95 bits per heavy atom. The van der Waals surface area contributed by atoms with Gasteiger partial charge in [0.1, 0.15) is 6.61 Å². The van der Waals surface area contributed by atoms with Crippen LogP contribution in [0.3, 0.4) is 0 Å². The Morgan fingerprint density at radius 1 is 0.825 bits per heavy atom. The second-order valence-corrected chi connectivity index (χ2v) is 9.91. The maximum Gasteiger partial charge on any atom is 0.407 e. The molecule has 0 saturated carbocycles. The molecule has 0 radical (unpaired) electrons. The third-order valence-electron chi connectivity index (χ3n) is 5.36. The quantitative estimate of drug-likeness (QED) is 0.141. The van der Waals surface area contributed by atoms with Crippen LogP contribution in [-0.2, 0) is 36.9 Å². The smallest absolute Gasteiger partial charge is 0.407 e. The van der Waals surface area contributed by atoms with Crippen molar-refractivity contribution < 1.29 is 38.7 Å². The summed E-state index contributed by atoms with van der Waals surface area (Å²) in [6, 6.07) is 19.0. The molecule has 0 bridgehead atoms. The first kappa shape index (κ1) is 33.6. The summed E-state index contributed by atoms with van der Waals surface area (Å²) in [6.07, 6.45) is -2.74. The van der Waals surface area contributed by atoms with Crippen molar-refractivity contribution >= 4 is 6.09 Å². The van der Waals surface area contributed by atoms with Gasteiger partial charge in [-0.3, -0.25) is 10.2 Å². The molecule has 0 aliphatic rings. The fourth-order valence-corrected chi connectivity index (χ4v) is 3.35. The van der Waals surface area contributed by atoms with Crippen molar-refractivity contribution in [1.82, 2.24) is 15.5 Å². The summed E-state index contributed by atoms with van der Waals surface area (Å²) in [5.41, 5.74) is 1.34.